The summed E-state index contributed by atoms with van der Waals surface area (Å²) in [6.07, 6.45) is 0. The van der Waals surface area contributed by atoms with Gasteiger partial charge in [-0.3, -0.25) is 4.79 Å². The van der Waals surface area contributed by atoms with E-state index in [0.717, 1.165) is 22.8 Å². The zero-order chi connectivity index (χ0) is 16.8. The van der Waals surface area contributed by atoms with Crippen LogP contribution in [0.2, 0.25) is 10.0 Å². The van der Waals surface area contributed by atoms with Gasteiger partial charge in [0.1, 0.15) is 12.3 Å². The predicted molar refractivity (Wildman–Crippen MR) is 93.5 cm³/mol. The number of carbonyl (C=O) groups excluding carboxylic acids is 1. The summed E-state index contributed by atoms with van der Waals surface area (Å²) in [5.74, 6) is 0.724. The number of rotatable bonds is 6. The fourth-order valence-electron chi connectivity index (χ4n) is 2.21. The lowest BCUT2D eigenvalue weighted by atomic mass is 10.2. The molecule has 0 spiro atoms. The first-order chi connectivity index (χ1) is 11.0. The highest BCUT2D eigenvalue weighted by Crippen LogP contribution is 2.25. The Morgan fingerprint density at radius 3 is 2.48 bits per heavy atom. The second kappa shape index (κ2) is 8.20. The molecule has 0 aliphatic rings. The van der Waals surface area contributed by atoms with Crippen LogP contribution in [0.5, 0.6) is 5.75 Å². The molecule has 0 aromatic heterocycles. The topological polar surface area (TPSA) is 42.8 Å². The standard InChI is InChI=1S/C17H18Cl2N2O2/c1-21(10-12-3-6-14(23-2)7-4-12)11-17(22)20-16-8-5-13(18)9-15(16)19/h3-9H,10-11H2,1-2H3,(H,20,22)/p+1. The summed E-state index contributed by atoms with van der Waals surface area (Å²) < 4.78 is 5.13. The third kappa shape index (κ3) is 5.43. The molecule has 2 N–H and O–H groups in total. The molecular weight excluding hydrogens is 335 g/mol. The molecule has 1 atom stereocenters. The van der Waals surface area contributed by atoms with Crippen LogP contribution in [0.25, 0.3) is 0 Å². The van der Waals surface area contributed by atoms with Crippen molar-refractivity contribution in [3.8, 4) is 5.75 Å². The van der Waals surface area contributed by atoms with E-state index in [2.05, 4.69) is 5.32 Å². The Balaban J connectivity index is 1.88. The van der Waals surface area contributed by atoms with Crippen molar-refractivity contribution in [2.75, 3.05) is 26.0 Å². The van der Waals surface area contributed by atoms with Crippen LogP contribution in [-0.4, -0.2) is 26.6 Å². The zero-order valence-corrected chi connectivity index (χ0v) is 14.5. The molecule has 0 bridgehead atoms. The first-order valence-electron chi connectivity index (χ1n) is 7.17. The first kappa shape index (κ1) is 17.6. The van der Waals surface area contributed by atoms with Gasteiger partial charge in [-0.2, -0.15) is 0 Å². The SMILES string of the molecule is COc1ccc(C[NH+](C)CC(=O)Nc2ccc(Cl)cc2Cl)cc1. The van der Waals surface area contributed by atoms with Gasteiger partial charge in [0, 0.05) is 10.6 Å². The van der Waals surface area contributed by atoms with Crippen molar-refractivity contribution < 1.29 is 14.4 Å². The Kier molecular flexibility index (Phi) is 6.28. The van der Waals surface area contributed by atoms with E-state index >= 15 is 0 Å². The first-order valence-corrected chi connectivity index (χ1v) is 7.92. The summed E-state index contributed by atoms with van der Waals surface area (Å²) in [4.78, 5) is 13.2. The van der Waals surface area contributed by atoms with Gasteiger partial charge in [-0.1, -0.05) is 23.2 Å². The molecule has 0 saturated heterocycles. The van der Waals surface area contributed by atoms with Crippen LogP contribution in [-0.2, 0) is 11.3 Å². The highest BCUT2D eigenvalue weighted by molar-refractivity contribution is 6.36. The van der Waals surface area contributed by atoms with Crippen LogP contribution in [0.1, 0.15) is 5.56 Å². The van der Waals surface area contributed by atoms with E-state index in [0.29, 0.717) is 22.3 Å². The third-order valence-corrected chi connectivity index (χ3v) is 3.88. The maximum atomic E-state index is 12.1. The van der Waals surface area contributed by atoms with E-state index in [4.69, 9.17) is 27.9 Å². The number of nitrogens with one attached hydrogen (secondary N) is 2. The van der Waals surface area contributed by atoms with Crippen LogP contribution in [0.4, 0.5) is 5.69 Å². The van der Waals surface area contributed by atoms with E-state index in [-0.39, 0.29) is 5.91 Å². The normalized spacial score (nSPS) is 11.8. The molecule has 0 radical (unpaired) electrons. The van der Waals surface area contributed by atoms with Crippen molar-refractivity contribution in [3.05, 3.63) is 58.1 Å². The fourth-order valence-corrected chi connectivity index (χ4v) is 2.67. The largest absolute Gasteiger partial charge is 0.497 e. The number of quaternary nitrogens is 1. The fraction of sp³-hybridized carbons (Fsp3) is 0.235. The van der Waals surface area contributed by atoms with Crippen molar-refractivity contribution >= 4 is 34.8 Å². The van der Waals surface area contributed by atoms with Crippen molar-refractivity contribution in [1.82, 2.24) is 0 Å². The van der Waals surface area contributed by atoms with Gasteiger partial charge in [-0.15, -0.1) is 0 Å². The average molecular weight is 354 g/mol. The smallest absolute Gasteiger partial charge is 0.279 e. The number of hydrogen-bond acceptors (Lipinski definition) is 2. The average Bonchev–Trinajstić information content (AvgIpc) is 2.50. The Morgan fingerprint density at radius 1 is 1.17 bits per heavy atom. The van der Waals surface area contributed by atoms with Gasteiger partial charge in [-0.25, -0.2) is 0 Å². The molecule has 1 amide bonds. The van der Waals surface area contributed by atoms with Gasteiger partial charge in [0.15, 0.2) is 6.54 Å². The van der Waals surface area contributed by atoms with E-state index < -0.39 is 0 Å². The minimum atomic E-state index is -0.0970. The van der Waals surface area contributed by atoms with Crippen molar-refractivity contribution in [3.63, 3.8) is 0 Å². The summed E-state index contributed by atoms with van der Waals surface area (Å²) in [5, 5.41) is 3.77. The Hall–Kier alpha value is -1.75. The predicted octanol–water partition coefficient (Wildman–Crippen LogP) is 2.66. The van der Waals surface area contributed by atoms with Crippen molar-refractivity contribution in [2.24, 2.45) is 0 Å². The minimum Gasteiger partial charge on any atom is -0.497 e. The quantitative estimate of drug-likeness (QED) is 0.838. The number of halogens is 2. The maximum absolute atomic E-state index is 12.1. The summed E-state index contributed by atoms with van der Waals surface area (Å²) in [6, 6.07) is 12.8. The molecule has 6 heteroatoms. The molecule has 0 aliphatic carbocycles. The molecule has 2 rings (SSSR count). The molecule has 23 heavy (non-hydrogen) atoms. The number of amides is 1. The maximum Gasteiger partial charge on any atom is 0.279 e. The minimum absolute atomic E-state index is 0.0970. The van der Waals surface area contributed by atoms with Crippen molar-refractivity contribution in [1.29, 1.82) is 0 Å². The lowest BCUT2D eigenvalue weighted by Gasteiger charge is -2.14. The number of likely N-dealkylation sites (N-methyl/N-ethyl adjacent to an activating group) is 1. The molecule has 2 aromatic rings. The van der Waals surface area contributed by atoms with Crippen LogP contribution in [0.15, 0.2) is 42.5 Å². The summed E-state index contributed by atoms with van der Waals surface area (Å²) in [5.41, 5.74) is 1.71. The van der Waals surface area contributed by atoms with Gasteiger partial charge >= 0.3 is 0 Å². The van der Waals surface area contributed by atoms with Gasteiger partial charge in [0.2, 0.25) is 0 Å². The Labute approximate surface area is 146 Å². The number of benzene rings is 2. The summed E-state index contributed by atoms with van der Waals surface area (Å²) in [7, 11) is 3.60. The van der Waals surface area contributed by atoms with Crippen LogP contribution < -0.4 is 15.0 Å². The van der Waals surface area contributed by atoms with Gasteiger partial charge in [-0.05, 0) is 42.5 Å². The number of hydrogen-bond donors (Lipinski definition) is 2. The van der Waals surface area contributed by atoms with Crippen LogP contribution >= 0.6 is 23.2 Å². The van der Waals surface area contributed by atoms with E-state index in [1.165, 1.54) is 0 Å². The molecule has 1 unspecified atom stereocenters. The van der Waals surface area contributed by atoms with E-state index in [9.17, 15) is 4.79 Å². The molecule has 0 fully saturated rings. The number of carbonyl (C=O) groups is 1. The lowest BCUT2D eigenvalue weighted by molar-refractivity contribution is -0.885. The zero-order valence-electron chi connectivity index (χ0n) is 13.0. The van der Waals surface area contributed by atoms with Crippen LogP contribution in [0, 0.1) is 0 Å². The lowest BCUT2D eigenvalue weighted by Crippen LogP contribution is -3.08. The third-order valence-electron chi connectivity index (χ3n) is 3.33. The van der Waals surface area contributed by atoms with Crippen molar-refractivity contribution in [2.45, 2.75) is 6.54 Å². The van der Waals surface area contributed by atoms with Gasteiger partial charge in [0.05, 0.1) is 24.9 Å². The highest BCUT2D eigenvalue weighted by atomic mass is 35.5. The van der Waals surface area contributed by atoms with E-state index in [1.54, 1.807) is 25.3 Å². The highest BCUT2D eigenvalue weighted by Gasteiger charge is 2.12. The molecule has 0 aliphatic heterocycles. The van der Waals surface area contributed by atoms with Crippen LogP contribution in [0.3, 0.4) is 0 Å². The molecule has 2 aromatic carbocycles. The van der Waals surface area contributed by atoms with Gasteiger partial charge < -0.3 is 15.0 Å². The summed E-state index contributed by atoms with van der Waals surface area (Å²) >= 11 is 11.9. The number of anilines is 1. The Morgan fingerprint density at radius 2 is 1.87 bits per heavy atom. The van der Waals surface area contributed by atoms with Gasteiger partial charge in [0.25, 0.3) is 5.91 Å². The molecule has 122 valence electrons. The monoisotopic (exact) mass is 353 g/mol. The molecule has 0 heterocycles. The number of methoxy groups -OCH3 is 1. The number of ether oxygens (including phenoxy) is 1. The van der Waals surface area contributed by atoms with E-state index in [1.807, 2.05) is 31.3 Å². The Bertz CT molecular complexity index is 675. The second-order valence-electron chi connectivity index (χ2n) is 5.33. The molecular formula is C17H19Cl2N2O2+. The summed E-state index contributed by atoms with van der Waals surface area (Å²) in [6.45, 7) is 1.08. The molecule has 0 saturated carbocycles. The molecule has 4 nitrogen and oxygen atoms in total. The second-order valence-corrected chi connectivity index (χ2v) is 6.17.